The number of hydrogen-bond donors (Lipinski definition) is 0. The average Bonchev–Trinajstić information content (AvgIpc) is 3.14. The first kappa shape index (κ1) is 18.6. The molecule has 0 saturated carbocycles. The van der Waals surface area contributed by atoms with Gasteiger partial charge in [0.1, 0.15) is 0 Å². The van der Waals surface area contributed by atoms with Crippen LogP contribution in [0.1, 0.15) is 13.8 Å². The minimum Gasteiger partial charge on any atom is -0.226 e. The summed E-state index contributed by atoms with van der Waals surface area (Å²) < 4.78 is 2.33. The van der Waals surface area contributed by atoms with Crippen LogP contribution in [0, 0.1) is 0 Å². The first-order chi connectivity index (χ1) is 13.8. The molecule has 0 radical (unpaired) electrons. The molecule has 5 aromatic rings. The van der Waals surface area contributed by atoms with Crippen LogP contribution < -0.4 is 0 Å². The van der Waals surface area contributed by atoms with Gasteiger partial charge in [0.2, 0.25) is 0 Å². The van der Waals surface area contributed by atoms with Crippen molar-refractivity contribution in [2.24, 2.45) is 0 Å². The van der Waals surface area contributed by atoms with E-state index in [0.717, 1.165) is 32.4 Å². The Bertz CT molecular complexity index is 1250. The Hall–Kier alpha value is -2.75. The molecule has 3 aromatic carbocycles. The summed E-state index contributed by atoms with van der Waals surface area (Å²) in [6, 6.07) is 26.3. The molecule has 0 bridgehead atoms. The van der Waals surface area contributed by atoms with Crippen LogP contribution in [0.3, 0.4) is 0 Å². The Balaban J connectivity index is 0.000000932. The van der Waals surface area contributed by atoms with E-state index in [4.69, 9.17) is 21.6 Å². The Labute approximate surface area is 173 Å². The van der Waals surface area contributed by atoms with Gasteiger partial charge in [0, 0.05) is 26.2 Å². The summed E-state index contributed by atoms with van der Waals surface area (Å²) in [5.41, 5.74) is 3.97. The van der Waals surface area contributed by atoms with Crippen LogP contribution in [0.15, 0.2) is 78.9 Å². The zero-order valence-corrected chi connectivity index (χ0v) is 17.3. The van der Waals surface area contributed by atoms with E-state index in [0.29, 0.717) is 10.8 Å². The summed E-state index contributed by atoms with van der Waals surface area (Å²) in [6.07, 6.45) is 0. The quantitative estimate of drug-likeness (QED) is 0.300. The summed E-state index contributed by atoms with van der Waals surface area (Å²) >= 11 is 7.93. The van der Waals surface area contributed by atoms with Crippen molar-refractivity contribution in [2.75, 3.05) is 0 Å². The topological polar surface area (TPSA) is 25.8 Å². The van der Waals surface area contributed by atoms with Crippen LogP contribution in [0.2, 0.25) is 5.02 Å². The number of aromatic nitrogens is 2. The van der Waals surface area contributed by atoms with Crippen LogP contribution >= 0.6 is 22.9 Å². The molecule has 0 aliphatic rings. The summed E-state index contributed by atoms with van der Waals surface area (Å²) in [5, 5.41) is 1.85. The number of benzene rings is 3. The second-order valence-corrected chi connectivity index (χ2v) is 7.54. The van der Waals surface area contributed by atoms with Gasteiger partial charge in [-0.25, -0.2) is 9.97 Å². The lowest BCUT2D eigenvalue weighted by atomic mass is 10.1. The van der Waals surface area contributed by atoms with E-state index in [2.05, 4.69) is 36.4 Å². The van der Waals surface area contributed by atoms with Gasteiger partial charge >= 0.3 is 0 Å². The zero-order valence-electron chi connectivity index (χ0n) is 15.7. The molecule has 0 atom stereocenters. The van der Waals surface area contributed by atoms with Gasteiger partial charge in [-0.05, 0) is 18.2 Å². The van der Waals surface area contributed by atoms with E-state index in [9.17, 15) is 0 Å². The maximum Gasteiger partial charge on any atom is 0.160 e. The van der Waals surface area contributed by atoms with Gasteiger partial charge < -0.3 is 0 Å². The molecule has 138 valence electrons. The van der Waals surface area contributed by atoms with Gasteiger partial charge in [0.25, 0.3) is 0 Å². The molecule has 2 aromatic heterocycles. The van der Waals surface area contributed by atoms with Crippen LogP contribution in [-0.4, -0.2) is 9.97 Å². The fourth-order valence-corrected chi connectivity index (χ4v) is 4.48. The fourth-order valence-electron chi connectivity index (χ4n) is 3.14. The van der Waals surface area contributed by atoms with E-state index in [1.807, 2.05) is 56.3 Å². The zero-order chi connectivity index (χ0) is 19.5. The average molecular weight is 403 g/mol. The van der Waals surface area contributed by atoms with Gasteiger partial charge in [0.05, 0.1) is 15.9 Å². The molecule has 0 aliphatic heterocycles. The number of fused-ring (bicyclic) bond motifs is 3. The summed E-state index contributed by atoms with van der Waals surface area (Å²) in [6.45, 7) is 4.00. The van der Waals surface area contributed by atoms with Crippen molar-refractivity contribution in [3.8, 4) is 22.6 Å². The van der Waals surface area contributed by atoms with E-state index in [1.165, 1.54) is 4.70 Å². The molecule has 0 aliphatic carbocycles. The number of hydrogen-bond acceptors (Lipinski definition) is 3. The number of halogens is 1. The number of thiophene rings is 1. The third-order valence-electron chi connectivity index (χ3n) is 4.35. The normalized spacial score (nSPS) is 10.7. The molecule has 2 heterocycles. The number of rotatable bonds is 2. The molecule has 0 unspecified atom stereocenters. The summed E-state index contributed by atoms with van der Waals surface area (Å²) in [5.74, 6) is 0.697. The second-order valence-electron chi connectivity index (χ2n) is 6.05. The van der Waals surface area contributed by atoms with Crippen molar-refractivity contribution in [1.29, 1.82) is 0 Å². The lowest BCUT2D eigenvalue weighted by Gasteiger charge is -2.07. The van der Waals surface area contributed by atoms with Gasteiger partial charge in [0.15, 0.2) is 5.82 Å². The van der Waals surface area contributed by atoms with Crippen LogP contribution in [0.25, 0.3) is 42.9 Å². The largest absolute Gasteiger partial charge is 0.226 e. The Kier molecular flexibility index (Phi) is 5.38. The van der Waals surface area contributed by atoms with Crippen molar-refractivity contribution >= 4 is 43.2 Å². The first-order valence-electron chi connectivity index (χ1n) is 9.30. The van der Waals surface area contributed by atoms with Crippen LogP contribution in [0.4, 0.5) is 0 Å². The lowest BCUT2D eigenvalue weighted by molar-refractivity contribution is 1.24. The predicted molar refractivity (Wildman–Crippen MR) is 122 cm³/mol. The lowest BCUT2D eigenvalue weighted by Crippen LogP contribution is -1.93. The molecule has 28 heavy (non-hydrogen) atoms. The van der Waals surface area contributed by atoms with Gasteiger partial charge in [-0.3, -0.25) is 0 Å². The van der Waals surface area contributed by atoms with Gasteiger partial charge in [-0.1, -0.05) is 86.1 Å². The van der Waals surface area contributed by atoms with Gasteiger partial charge in [-0.15, -0.1) is 11.3 Å². The Morgan fingerprint density at radius 1 is 0.750 bits per heavy atom. The van der Waals surface area contributed by atoms with Gasteiger partial charge in [-0.2, -0.15) is 0 Å². The third kappa shape index (κ3) is 3.39. The molecule has 0 N–H and O–H groups in total. The smallest absolute Gasteiger partial charge is 0.160 e. The molecule has 0 amide bonds. The minimum absolute atomic E-state index is 0.683. The highest BCUT2D eigenvalue weighted by atomic mass is 35.5. The van der Waals surface area contributed by atoms with Crippen LogP contribution in [0.5, 0.6) is 0 Å². The van der Waals surface area contributed by atoms with Crippen molar-refractivity contribution in [2.45, 2.75) is 13.8 Å². The van der Waals surface area contributed by atoms with Crippen LogP contribution in [-0.2, 0) is 0 Å². The highest BCUT2D eigenvalue weighted by Crippen LogP contribution is 2.39. The monoisotopic (exact) mass is 402 g/mol. The highest BCUT2D eigenvalue weighted by Gasteiger charge is 2.16. The van der Waals surface area contributed by atoms with Crippen molar-refractivity contribution in [1.82, 2.24) is 9.97 Å². The van der Waals surface area contributed by atoms with Crippen molar-refractivity contribution in [3.63, 3.8) is 0 Å². The van der Waals surface area contributed by atoms with E-state index in [1.54, 1.807) is 11.3 Å². The molecular weight excluding hydrogens is 384 g/mol. The molecule has 0 fully saturated rings. The van der Waals surface area contributed by atoms with E-state index in [-0.39, 0.29) is 0 Å². The van der Waals surface area contributed by atoms with Crippen molar-refractivity contribution < 1.29 is 0 Å². The van der Waals surface area contributed by atoms with E-state index >= 15 is 0 Å². The van der Waals surface area contributed by atoms with Crippen molar-refractivity contribution in [3.05, 3.63) is 83.9 Å². The minimum atomic E-state index is 0.683. The maximum atomic E-state index is 6.19. The predicted octanol–water partition coefficient (Wildman–Crippen LogP) is 7.86. The molecule has 5 rings (SSSR count). The third-order valence-corrected chi connectivity index (χ3v) is 5.75. The first-order valence-corrected chi connectivity index (χ1v) is 10.5. The number of nitrogens with zero attached hydrogens (tertiary/aromatic N) is 2. The second kappa shape index (κ2) is 8.09. The molecule has 2 nitrogen and oxygen atoms in total. The Morgan fingerprint density at radius 3 is 2.25 bits per heavy atom. The summed E-state index contributed by atoms with van der Waals surface area (Å²) in [7, 11) is 0. The highest BCUT2D eigenvalue weighted by molar-refractivity contribution is 7.26. The molecule has 4 heteroatoms. The standard InChI is InChI=1S/C22H13ClN2S.C2H6/c23-16-10-6-9-15(13-16)22-24-19(14-7-2-1-3-8-14)21-20(25-22)17-11-4-5-12-18(17)26-21;1-2/h1-13H;1-2H3. The molecule has 0 saturated heterocycles. The molecular formula is C24H19ClN2S. The fraction of sp³-hybridized carbons (Fsp3) is 0.0833. The Morgan fingerprint density at radius 2 is 1.46 bits per heavy atom. The summed E-state index contributed by atoms with van der Waals surface area (Å²) in [4.78, 5) is 9.82. The SMILES string of the molecule is CC.Clc1cccc(-c2nc(-c3ccccc3)c3sc4ccccc4c3n2)c1. The van der Waals surface area contributed by atoms with E-state index < -0.39 is 0 Å². The molecule has 0 spiro atoms. The maximum absolute atomic E-state index is 6.19.